The number of carboxylic acid groups (broad SMARTS) is 1. The molecule has 0 aliphatic rings. The Kier molecular flexibility index (Phi) is 2.66. The lowest BCUT2D eigenvalue weighted by Crippen LogP contribution is -2.15. The topological polar surface area (TPSA) is 95.9 Å². The van der Waals surface area contributed by atoms with Crippen molar-refractivity contribution >= 4 is 11.8 Å². The van der Waals surface area contributed by atoms with E-state index in [4.69, 9.17) is 16.0 Å². The van der Waals surface area contributed by atoms with Crippen molar-refractivity contribution in [3.63, 3.8) is 0 Å². The van der Waals surface area contributed by atoms with Gasteiger partial charge in [0.1, 0.15) is 5.82 Å². The molecule has 0 fully saturated rings. The van der Waals surface area contributed by atoms with Gasteiger partial charge >= 0.3 is 5.97 Å². The maximum Gasteiger partial charge on any atom is 0.335 e. The van der Waals surface area contributed by atoms with Crippen LogP contribution in [0.5, 0.6) is 0 Å². The molecule has 0 heterocycles. The van der Waals surface area contributed by atoms with Crippen molar-refractivity contribution < 1.29 is 19.5 Å². The van der Waals surface area contributed by atoms with Crippen LogP contribution in [-0.2, 0) is 0 Å². The smallest absolute Gasteiger partial charge is 0.335 e. The van der Waals surface area contributed by atoms with E-state index in [0.29, 0.717) is 0 Å². The molecule has 14 heavy (non-hydrogen) atoms. The zero-order valence-electron chi connectivity index (χ0n) is 6.94. The highest BCUT2D eigenvalue weighted by molar-refractivity contribution is 5.98. The maximum absolute atomic E-state index is 13.1. The van der Waals surface area contributed by atoms with Crippen molar-refractivity contribution in [3.05, 3.63) is 35.1 Å². The Morgan fingerprint density at radius 2 is 2.14 bits per heavy atom. The lowest BCUT2D eigenvalue weighted by molar-refractivity contribution is 0.0696. The largest absolute Gasteiger partial charge is 0.478 e. The molecule has 1 aromatic rings. The lowest BCUT2D eigenvalue weighted by atomic mass is 10.1. The van der Waals surface area contributed by atoms with Gasteiger partial charge in [-0.3, -0.25) is 0 Å². The highest BCUT2D eigenvalue weighted by Gasteiger charge is 2.10. The Morgan fingerprint density at radius 3 is 2.57 bits per heavy atom. The second-order valence-electron chi connectivity index (χ2n) is 2.49. The summed E-state index contributed by atoms with van der Waals surface area (Å²) in [4.78, 5) is 10.4. The van der Waals surface area contributed by atoms with Gasteiger partial charge in [-0.2, -0.15) is 0 Å². The third kappa shape index (κ3) is 1.79. The molecule has 0 amide bonds. The summed E-state index contributed by atoms with van der Waals surface area (Å²) in [6.07, 6.45) is 0. The van der Waals surface area contributed by atoms with Crippen molar-refractivity contribution in [1.29, 1.82) is 0 Å². The van der Waals surface area contributed by atoms with Gasteiger partial charge in [0.05, 0.1) is 11.1 Å². The van der Waals surface area contributed by atoms with E-state index in [2.05, 4.69) is 5.16 Å². The number of aromatic carboxylic acids is 1. The number of nitrogens with zero attached hydrogens (tertiary/aromatic N) is 1. The predicted octanol–water partition coefficient (Wildman–Crippen LogP) is 0.618. The van der Waals surface area contributed by atoms with E-state index < -0.39 is 17.6 Å². The first-order valence-electron chi connectivity index (χ1n) is 3.57. The zero-order chi connectivity index (χ0) is 10.7. The van der Waals surface area contributed by atoms with Gasteiger partial charge in [-0.1, -0.05) is 5.16 Å². The fraction of sp³-hybridized carbons (Fsp3) is 0. The minimum Gasteiger partial charge on any atom is -0.478 e. The lowest BCUT2D eigenvalue weighted by Gasteiger charge is -2.01. The summed E-state index contributed by atoms with van der Waals surface area (Å²) >= 11 is 0. The molecule has 1 aromatic carbocycles. The first kappa shape index (κ1) is 9.97. The average molecular weight is 198 g/mol. The molecular formula is C8H7FN2O3. The number of carbonyl (C=O) groups is 1. The summed E-state index contributed by atoms with van der Waals surface area (Å²) < 4.78 is 13.1. The van der Waals surface area contributed by atoms with Gasteiger partial charge in [-0.15, -0.1) is 0 Å². The Bertz CT molecular complexity index is 404. The molecule has 0 bridgehead atoms. The van der Waals surface area contributed by atoms with Gasteiger partial charge in [-0.05, 0) is 18.2 Å². The van der Waals surface area contributed by atoms with Crippen molar-refractivity contribution in [2.75, 3.05) is 0 Å². The van der Waals surface area contributed by atoms with E-state index in [1.54, 1.807) is 0 Å². The van der Waals surface area contributed by atoms with Crippen LogP contribution in [0.3, 0.4) is 0 Å². The Morgan fingerprint density at radius 1 is 1.50 bits per heavy atom. The first-order chi connectivity index (χ1) is 6.56. The van der Waals surface area contributed by atoms with Crippen LogP contribution < -0.4 is 5.73 Å². The number of rotatable bonds is 2. The van der Waals surface area contributed by atoms with Crippen LogP contribution in [0, 0.1) is 5.82 Å². The standard InChI is InChI=1S/C8H7FN2O3/c9-6-3-4(8(12)13)1-2-5(6)7(10)11-14/h1-3,14H,(H2,10,11)(H,12,13). The molecule has 0 aliphatic heterocycles. The normalized spacial score (nSPS) is 11.4. The molecule has 0 radical (unpaired) electrons. The third-order valence-corrected chi connectivity index (χ3v) is 1.60. The first-order valence-corrected chi connectivity index (χ1v) is 3.57. The molecule has 0 spiro atoms. The molecule has 0 saturated carbocycles. The summed E-state index contributed by atoms with van der Waals surface area (Å²) in [6, 6.07) is 3.10. The van der Waals surface area contributed by atoms with Gasteiger partial charge in [0.15, 0.2) is 5.84 Å². The molecular weight excluding hydrogens is 191 g/mol. The summed E-state index contributed by atoms with van der Waals surface area (Å²) in [5.41, 5.74) is 4.80. The van der Waals surface area contributed by atoms with Crippen LogP contribution in [0.25, 0.3) is 0 Å². The average Bonchev–Trinajstić information content (AvgIpc) is 2.16. The fourth-order valence-electron chi connectivity index (χ4n) is 0.910. The molecule has 0 atom stereocenters. The van der Waals surface area contributed by atoms with Crippen molar-refractivity contribution in [1.82, 2.24) is 0 Å². The summed E-state index contributed by atoms with van der Waals surface area (Å²) in [5, 5.41) is 19.4. The number of oxime groups is 1. The SMILES string of the molecule is N/C(=N\O)c1ccc(C(=O)O)cc1F. The van der Waals surface area contributed by atoms with Gasteiger partial charge < -0.3 is 16.0 Å². The minimum absolute atomic E-state index is 0.141. The number of hydrogen-bond donors (Lipinski definition) is 3. The number of amidine groups is 1. The molecule has 0 aliphatic carbocycles. The van der Waals surface area contributed by atoms with Gasteiger partial charge in [0.25, 0.3) is 0 Å². The third-order valence-electron chi connectivity index (χ3n) is 1.60. The second kappa shape index (κ2) is 3.73. The van der Waals surface area contributed by atoms with E-state index in [-0.39, 0.29) is 11.1 Å². The summed E-state index contributed by atoms with van der Waals surface area (Å²) in [6.45, 7) is 0. The summed E-state index contributed by atoms with van der Waals surface area (Å²) in [5.74, 6) is -2.49. The number of carboxylic acids is 1. The van der Waals surface area contributed by atoms with Crippen molar-refractivity contribution in [2.45, 2.75) is 0 Å². The molecule has 74 valence electrons. The second-order valence-corrected chi connectivity index (χ2v) is 2.49. The van der Waals surface area contributed by atoms with Crippen molar-refractivity contribution in [2.24, 2.45) is 10.9 Å². The van der Waals surface area contributed by atoms with Crippen LogP contribution in [0.4, 0.5) is 4.39 Å². The van der Waals surface area contributed by atoms with E-state index in [9.17, 15) is 9.18 Å². The van der Waals surface area contributed by atoms with Crippen LogP contribution in [0.15, 0.2) is 23.4 Å². The van der Waals surface area contributed by atoms with E-state index in [1.165, 1.54) is 6.07 Å². The van der Waals surface area contributed by atoms with Gasteiger partial charge in [-0.25, -0.2) is 9.18 Å². The maximum atomic E-state index is 13.1. The predicted molar refractivity (Wildman–Crippen MR) is 45.9 cm³/mol. The quantitative estimate of drug-likeness (QED) is 0.281. The minimum atomic E-state index is -1.24. The van der Waals surface area contributed by atoms with E-state index >= 15 is 0 Å². The van der Waals surface area contributed by atoms with Crippen molar-refractivity contribution in [3.8, 4) is 0 Å². The van der Waals surface area contributed by atoms with E-state index in [1.807, 2.05) is 0 Å². The molecule has 5 nitrogen and oxygen atoms in total. The monoisotopic (exact) mass is 198 g/mol. The highest BCUT2D eigenvalue weighted by atomic mass is 19.1. The Labute approximate surface area is 78.3 Å². The highest BCUT2D eigenvalue weighted by Crippen LogP contribution is 2.10. The Balaban J connectivity index is 3.20. The molecule has 0 unspecified atom stereocenters. The molecule has 0 aromatic heterocycles. The number of hydrogen-bond acceptors (Lipinski definition) is 3. The van der Waals surface area contributed by atoms with Crippen LogP contribution >= 0.6 is 0 Å². The molecule has 4 N–H and O–H groups in total. The fourth-order valence-corrected chi connectivity index (χ4v) is 0.910. The summed E-state index contributed by atoms with van der Waals surface area (Å²) in [7, 11) is 0. The number of benzene rings is 1. The van der Waals surface area contributed by atoms with Crippen LogP contribution in [-0.4, -0.2) is 22.1 Å². The van der Waals surface area contributed by atoms with E-state index in [0.717, 1.165) is 12.1 Å². The van der Waals surface area contributed by atoms with Gasteiger partial charge in [0, 0.05) is 0 Å². The molecule has 6 heteroatoms. The molecule has 1 rings (SSSR count). The van der Waals surface area contributed by atoms with Crippen LogP contribution in [0.2, 0.25) is 0 Å². The zero-order valence-corrected chi connectivity index (χ0v) is 6.94. The Hall–Kier alpha value is -2.11. The number of halogens is 1. The number of nitrogens with two attached hydrogens (primary N) is 1. The molecule has 0 saturated heterocycles. The van der Waals surface area contributed by atoms with Gasteiger partial charge in [0.2, 0.25) is 0 Å². The van der Waals surface area contributed by atoms with Crippen LogP contribution in [0.1, 0.15) is 15.9 Å².